The van der Waals surface area contributed by atoms with Crippen molar-refractivity contribution in [3.05, 3.63) is 46.1 Å². The van der Waals surface area contributed by atoms with Gasteiger partial charge in [0.1, 0.15) is 5.75 Å². The first-order valence-corrected chi connectivity index (χ1v) is 7.01. The molecule has 104 valence electrons. The molecule has 4 nitrogen and oxygen atoms in total. The van der Waals surface area contributed by atoms with Gasteiger partial charge in [0.05, 0.1) is 5.69 Å². The van der Waals surface area contributed by atoms with E-state index >= 15 is 0 Å². The zero-order valence-electron chi connectivity index (χ0n) is 11.9. The summed E-state index contributed by atoms with van der Waals surface area (Å²) in [4.78, 5) is 0. The van der Waals surface area contributed by atoms with E-state index in [1.54, 1.807) is 0 Å². The molecular formula is C16H19N3O. The molecule has 3 rings (SSSR count). The number of fused-ring (bicyclic) bond motifs is 1. The molecule has 0 radical (unpaired) electrons. The highest BCUT2D eigenvalue weighted by atomic mass is 16.5. The maximum Gasteiger partial charge on any atom is 0.243 e. The van der Waals surface area contributed by atoms with E-state index in [9.17, 15) is 0 Å². The lowest BCUT2D eigenvalue weighted by atomic mass is 10.1. The summed E-state index contributed by atoms with van der Waals surface area (Å²) in [5.74, 6) is 1.34. The lowest BCUT2D eigenvalue weighted by Crippen LogP contribution is -2.07. The van der Waals surface area contributed by atoms with Crippen molar-refractivity contribution >= 4 is 0 Å². The molecule has 2 aromatic rings. The van der Waals surface area contributed by atoms with Crippen LogP contribution in [0, 0.1) is 13.8 Å². The number of aryl methyl sites for hydroxylation is 3. The van der Waals surface area contributed by atoms with E-state index in [0.717, 1.165) is 29.0 Å². The van der Waals surface area contributed by atoms with Gasteiger partial charge in [-0.1, -0.05) is 6.07 Å². The predicted molar refractivity (Wildman–Crippen MR) is 77.9 cm³/mol. The Morgan fingerprint density at radius 1 is 1.15 bits per heavy atom. The molecule has 20 heavy (non-hydrogen) atoms. The lowest BCUT2D eigenvalue weighted by Gasteiger charge is -2.12. The summed E-state index contributed by atoms with van der Waals surface area (Å²) in [5.41, 5.74) is 11.5. The van der Waals surface area contributed by atoms with Gasteiger partial charge in [0.2, 0.25) is 5.88 Å². The Kier molecular flexibility index (Phi) is 3.40. The number of nitrogens with two attached hydrogens (primary N) is 1. The van der Waals surface area contributed by atoms with Gasteiger partial charge in [-0.05, 0) is 61.9 Å². The molecule has 0 spiro atoms. The second-order valence-corrected chi connectivity index (χ2v) is 5.28. The van der Waals surface area contributed by atoms with Crippen molar-refractivity contribution in [2.45, 2.75) is 39.7 Å². The van der Waals surface area contributed by atoms with Crippen molar-refractivity contribution in [1.82, 2.24) is 10.2 Å². The fourth-order valence-corrected chi connectivity index (χ4v) is 2.68. The Morgan fingerprint density at radius 2 is 1.95 bits per heavy atom. The first-order chi connectivity index (χ1) is 9.69. The van der Waals surface area contributed by atoms with Crippen molar-refractivity contribution in [1.29, 1.82) is 0 Å². The molecule has 0 amide bonds. The molecule has 0 fully saturated rings. The molecule has 1 aromatic carbocycles. The fourth-order valence-electron chi connectivity index (χ4n) is 2.68. The molecule has 1 aliphatic carbocycles. The van der Waals surface area contributed by atoms with Crippen molar-refractivity contribution in [3.8, 4) is 11.6 Å². The maximum atomic E-state index is 5.91. The van der Waals surface area contributed by atoms with Crippen LogP contribution in [0.25, 0.3) is 0 Å². The van der Waals surface area contributed by atoms with E-state index < -0.39 is 0 Å². The molecule has 2 N–H and O–H groups in total. The smallest absolute Gasteiger partial charge is 0.243 e. The minimum Gasteiger partial charge on any atom is -0.437 e. The third-order valence-electron chi connectivity index (χ3n) is 4.03. The van der Waals surface area contributed by atoms with Crippen LogP contribution in [0.15, 0.2) is 18.2 Å². The van der Waals surface area contributed by atoms with Gasteiger partial charge in [-0.15, -0.1) is 5.10 Å². The quantitative estimate of drug-likeness (QED) is 0.930. The average Bonchev–Trinajstić information content (AvgIpc) is 2.91. The van der Waals surface area contributed by atoms with Crippen LogP contribution in [0.3, 0.4) is 0 Å². The standard InChI is InChI=1S/C16H19N3O/c1-10-11(2)18-19-16(15(10)9-17)20-14-7-6-12-4-3-5-13(12)8-14/h6-8H,3-5,9,17H2,1-2H3. The fraction of sp³-hybridized carbons (Fsp3) is 0.375. The highest BCUT2D eigenvalue weighted by molar-refractivity contribution is 5.42. The number of hydrogen-bond acceptors (Lipinski definition) is 4. The van der Waals surface area contributed by atoms with Gasteiger partial charge < -0.3 is 10.5 Å². The Balaban J connectivity index is 1.93. The second-order valence-electron chi connectivity index (χ2n) is 5.28. The Bertz CT molecular complexity index is 652. The van der Waals surface area contributed by atoms with Crippen LogP contribution in [0.2, 0.25) is 0 Å². The molecule has 0 atom stereocenters. The SMILES string of the molecule is Cc1nnc(Oc2ccc3c(c2)CCC3)c(CN)c1C. The van der Waals surface area contributed by atoms with Gasteiger partial charge in [-0.25, -0.2) is 0 Å². The summed E-state index contributed by atoms with van der Waals surface area (Å²) >= 11 is 0. The molecule has 1 heterocycles. The van der Waals surface area contributed by atoms with Crippen LogP contribution >= 0.6 is 0 Å². The molecule has 0 aliphatic heterocycles. The number of nitrogens with zero attached hydrogens (tertiary/aromatic N) is 2. The molecule has 1 aliphatic rings. The monoisotopic (exact) mass is 269 g/mol. The topological polar surface area (TPSA) is 61.0 Å². The van der Waals surface area contributed by atoms with Crippen molar-refractivity contribution in [2.75, 3.05) is 0 Å². The summed E-state index contributed by atoms with van der Waals surface area (Å²) in [6, 6.07) is 6.26. The van der Waals surface area contributed by atoms with Crippen LogP contribution in [0.4, 0.5) is 0 Å². The molecule has 4 heteroatoms. The molecule has 0 unspecified atom stereocenters. The summed E-state index contributed by atoms with van der Waals surface area (Å²) in [7, 11) is 0. The maximum absolute atomic E-state index is 5.91. The van der Waals surface area contributed by atoms with E-state index in [1.165, 1.54) is 24.0 Å². The first kappa shape index (κ1) is 13.1. The third kappa shape index (κ3) is 2.27. The first-order valence-electron chi connectivity index (χ1n) is 7.01. The van der Waals surface area contributed by atoms with Gasteiger partial charge >= 0.3 is 0 Å². The van der Waals surface area contributed by atoms with Gasteiger partial charge in [0.15, 0.2) is 0 Å². The van der Waals surface area contributed by atoms with Gasteiger partial charge in [0.25, 0.3) is 0 Å². The van der Waals surface area contributed by atoms with E-state index in [-0.39, 0.29) is 0 Å². The van der Waals surface area contributed by atoms with Gasteiger partial charge in [-0.2, -0.15) is 5.10 Å². The largest absolute Gasteiger partial charge is 0.437 e. The summed E-state index contributed by atoms with van der Waals surface area (Å²) < 4.78 is 5.91. The van der Waals surface area contributed by atoms with Crippen LogP contribution < -0.4 is 10.5 Å². The zero-order valence-corrected chi connectivity index (χ0v) is 11.9. The van der Waals surface area contributed by atoms with Crippen LogP contribution in [-0.2, 0) is 19.4 Å². The van der Waals surface area contributed by atoms with Crippen molar-refractivity contribution in [3.63, 3.8) is 0 Å². The normalized spacial score (nSPS) is 13.3. The van der Waals surface area contributed by atoms with Gasteiger partial charge in [0, 0.05) is 12.1 Å². The van der Waals surface area contributed by atoms with E-state index in [2.05, 4.69) is 22.3 Å². The molecular weight excluding hydrogens is 250 g/mol. The highest BCUT2D eigenvalue weighted by Crippen LogP contribution is 2.30. The summed E-state index contributed by atoms with van der Waals surface area (Å²) in [5, 5.41) is 8.27. The third-order valence-corrected chi connectivity index (χ3v) is 4.03. The summed E-state index contributed by atoms with van der Waals surface area (Å²) in [6.07, 6.45) is 3.54. The lowest BCUT2D eigenvalue weighted by molar-refractivity contribution is 0.446. The summed E-state index contributed by atoms with van der Waals surface area (Å²) in [6.45, 7) is 4.34. The van der Waals surface area contributed by atoms with Crippen molar-refractivity contribution in [2.24, 2.45) is 5.73 Å². The minimum atomic E-state index is 0.405. The molecule has 0 saturated carbocycles. The van der Waals surface area contributed by atoms with Gasteiger partial charge in [-0.3, -0.25) is 0 Å². The Hall–Kier alpha value is -1.94. The van der Waals surface area contributed by atoms with E-state index in [1.807, 2.05) is 19.9 Å². The average molecular weight is 269 g/mol. The molecule has 0 saturated heterocycles. The Labute approximate surface area is 119 Å². The number of ether oxygens (including phenoxy) is 1. The van der Waals surface area contributed by atoms with Crippen LogP contribution in [0.1, 0.15) is 34.4 Å². The van der Waals surface area contributed by atoms with Crippen molar-refractivity contribution < 1.29 is 4.74 Å². The number of aromatic nitrogens is 2. The zero-order chi connectivity index (χ0) is 14.1. The second kappa shape index (κ2) is 5.21. The molecule has 1 aromatic heterocycles. The molecule has 0 bridgehead atoms. The number of benzene rings is 1. The Morgan fingerprint density at radius 3 is 2.75 bits per heavy atom. The predicted octanol–water partition coefficient (Wildman–Crippen LogP) is 2.83. The minimum absolute atomic E-state index is 0.405. The van der Waals surface area contributed by atoms with E-state index in [0.29, 0.717) is 12.4 Å². The number of hydrogen-bond donors (Lipinski definition) is 1. The van der Waals surface area contributed by atoms with E-state index in [4.69, 9.17) is 10.5 Å². The van der Waals surface area contributed by atoms with Crippen LogP contribution in [0.5, 0.6) is 11.6 Å². The highest BCUT2D eigenvalue weighted by Gasteiger charge is 2.14. The van der Waals surface area contributed by atoms with Crippen LogP contribution in [-0.4, -0.2) is 10.2 Å². The number of rotatable bonds is 3.